The van der Waals surface area contributed by atoms with Gasteiger partial charge in [-0.2, -0.15) is 0 Å². The largest absolute Gasteiger partial charge is 0.346 e. The Kier molecular flexibility index (Phi) is 4.72. The first kappa shape index (κ1) is 15.9. The van der Waals surface area contributed by atoms with Crippen LogP contribution in [0.15, 0.2) is 42.5 Å². The Labute approximate surface area is 130 Å². The molecule has 114 valence electrons. The van der Waals surface area contributed by atoms with Gasteiger partial charge in [0.05, 0.1) is 11.0 Å². The molecule has 0 saturated heterocycles. The second kappa shape index (κ2) is 6.53. The highest BCUT2D eigenvalue weighted by atomic mass is 35.5. The summed E-state index contributed by atoms with van der Waals surface area (Å²) in [5.74, 6) is -0.841. The molecule has 0 bridgehead atoms. The van der Waals surface area contributed by atoms with Crippen LogP contribution in [0.4, 0.5) is 10.1 Å². The Morgan fingerprint density at radius 1 is 1.27 bits per heavy atom. The van der Waals surface area contributed by atoms with Crippen molar-refractivity contribution >= 4 is 23.2 Å². The average Bonchev–Trinajstić information content (AvgIpc) is 2.47. The Hall–Kier alpha value is -2.47. The van der Waals surface area contributed by atoms with Crippen molar-refractivity contribution in [3.8, 4) is 0 Å². The summed E-state index contributed by atoms with van der Waals surface area (Å²) < 4.78 is 12.9. The van der Waals surface area contributed by atoms with E-state index >= 15 is 0 Å². The number of hydrogen-bond acceptors (Lipinski definition) is 3. The number of amides is 1. The minimum atomic E-state index is -0.650. The van der Waals surface area contributed by atoms with Crippen molar-refractivity contribution in [1.82, 2.24) is 5.32 Å². The van der Waals surface area contributed by atoms with E-state index in [1.54, 1.807) is 19.1 Å². The molecule has 2 aromatic rings. The number of halogens is 2. The predicted octanol–water partition coefficient (Wildman–Crippen LogP) is 3.88. The third-order valence-corrected chi connectivity index (χ3v) is 3.44. The zero-order valence-electron chi connectivity index (χ0n) is 11.5. The van der Waals surface area contributed by atoms with Crippen LogP contribution in [0.3, 0.4) is 0 Å². The molecule has 0 fully saturated rings. The Morgan fingerprint density at radius 2 is 1.91 bits per heavy atom. The normalized spacial score (nSPS) is 11.8. The smallest absolute Gasteiger partial charge is 0.288 e. The molecule has 5 nitrogen and oxygen atoms in total. The lowest BCUT2D eigenvalue weighted by atomic mass is 10.1. The van der Waals surface area contributed by atoms with E-state index in [2.05, 4.69) is 5.32 Å². The molecule has 1 amide bonds. The number of nitro benzene ring substituents is 1. The molecule has 1 atom stereocenters. The Balaban J connectivity index is 2.16. The summed E-state index contributed by atoms with van der Waals surface area (Å²) >= 11 is 5.70. The second-order valence-electron chi connectivity index (χ2n) is 4.67. The Bertz CT molecular complexity index is 719. The van der Waals surface area contributed by atoms with E-state index in [1.807, 2.05) is 0 Å². The number of rotatable bonds is 4. The fourth-order valence-corrected chi connectivity index (χ4v) is 2.10. The van der Waals surface area contributed by atoms with Gasteiger partial charge in [0.2, 0.25) is 0 Å². The minimum absolute atomic E-state index is 0.0341. The fraction of sp³-hybridized carbons (Fsp3) is 0.133. The number of carbonyl (C=O) groups excluding carboxylic acids is 1. The molecule has 0 aromatic heterocycles. The first-order chi connectivity index (χ1) is 10.4. The highest BCUT2D eigenvalue weighted by Crippen LogP contribution is 2.25. The number of nitro groups is 1. The molecule has 22 heavy (non-hydrogen) atoms. The lowest BCUT2D eigenvalue weighted by Crippen LogP contribution is -2.26. The van der Waals surface area contributed by atoms with Crippen molar-refractivity contribution < 1.29 is 14.1 Å². The van der Waals surface area contributed by atoms with E-state index in [1.165, 1.54) is 24.3 Å². The molecule has 2 rings (SSSR count). The van der Waals surface area contributed by atoms with Crippen molar-refractivity contribution in [1.29, 1.82) is 0 Å². The first-order valence-electron chi connectivity index (χ1n) is 6.38. The molecule has 1 N–H and O–H groups in total. The van der Waals surface area contributed by atoms with Gasteiger partial charge in [0.25, 0.3) is 11.6 Å². The molecule has 0 unspecified atom stereocenters. The molecule has 0 heterocycles. The minimum Gasteiger partial charge on any atom is -0.346 e. The monoisotopic (exact) mass is 322 g/mol. The molecule has 7 heteroatoms. The van der Waals surface area contributed by atoms with Crippen LogP contribution >= 0.6 is 11.6 Å². The van der Waals surface area contributed by atoms with Gasteiger partial charge in [0.1, 0.15) is 10.8 Å². The summed E-state index contributed by atoms with van der Waals surface area (Å²) in [5, 5.41) is 13.5. The fourth-order valence-electron chi connectivity index (χ4n) is 1.91. The molecule has 0 radical (unpaired) electrons. The molecule has 0 spiro atoms. The van der Waals surface area contributed by atoms with E-state index < -0.39 is 10.8 Å². The van der Waals surface area contributed by atoms with Gasteiger partial charge in [-0.05, 0) is 36.8 Å². The number of hydrogen-bond donors (Lipinski definition) is 1. The SMILES string of the molecule is C[C@@H](NC(=O)c1ccc(Cl)c([N+](=O)[O-])c1)c1ccc(F)cc1. The van der Waals surface area contributed by atoms with Crippen molar-refractivity contribution in [2.45, 2.75) is 13.0 Å². The van der Waals surface area contributed by atoms with Gasteiger partial charge in [-0.15, -0.1) is 0 Å². The van der Waals surface area contributed by atoms with Crippen LogP contribution < -0.4 is 5.32 Å². The third kappa shape index (κ3) is 3.59. The quantitative estimate of drug-likeness (QED) is 0.686. The maximum Gasteiger partial charge on any atom is 0.288 e. The van der Waals surface area contributed by atoms with Gasteiger partial charge in [0.15, 0.2) is 0 Å². The number of nitrogens with zero attached hydrogens (tertiary/aromatic N) is 1. The molecule has 0 aliphatic rings. The molecule has 0 saturated carbocycles. The van der Waals surface area contributed by atoms with Crippen LogP contribution in [-0.4, -0.2) is 10.8 Å². The van der Waals surface area contributed by atoms with Crippen molar-refractivity contribution in [2.75, 3.05) is 0 Å². The predicted molar refractivity (Wildman–Crippen MR) is 80.4 cm³/mol. The number of nitrogens with one attached hydrogen (secondary N) is 1. The van der Waals surface area contributed by atoms with Crippen LogP contribution in [0.25, 0.3) is 0 Å². The number of benzene rings is 2. The summed E-state index contributed by atoms with van der Waals surface area (Å²) in [6, 6.07) is 9.17. The summed E-state index contributed by atoms with van der Waals surface area (Å²) in [7, 11) is 0. The highest BCUT2D eigenvalue weighted by Gasteiger charge is 2.17. The van der Waals surface area contributed by atoms with Crippen LogP contribution in [-0.2, 0) is 0 Å². The first-order valence-corrected chi connectivity index (χ1v) is 6.76. The molecule has 0 aliphatic heterocycles. The van der Waals surface area contributed by atoms with E-state index in [0.29, 0.717) is 0 Å². The van der Waals surface area contributed by atoms with Gasteiger partial charge in [-0.25, -0.2) is 4.39 Å². The lowest BCUT2D eigenvalue weighted by molar-refractivity contribution is -0.384. The number of carbonyl (C=O) groups is 1. The Morgan fingerprint density at radius 3 is 2.50 bits per heavy atom. The van der Waals surface area contributed by atoms with Gasteiger partial charge < -0.3 is 5.32 Å². The third-order valence-electron chi connectivity index (χ3n) is 3.12. The van der Waals surface area contributed by atoms with Crippen molar-refractivity contribution in [3.05, 3.63) is 74.5 Å². The van der Waals surface area contributed by atoms with Gasteiger partial charge in [-0.1, -0.05) is 23.7 Å². The van der Waals surface area contributed by atoms with Crippen LogP contribution in [0.1, 0.15) is 28.9 Å². The molecule has 2 aromatic carbocycles. The average molecular weight is 323 g/mol. The van der Waals surface area contributed by atoms with E-state index in [0.717, 1.165) is 11.6 Å². The zero-order valence-corrected chi connectivity index (χ0v) is 12.3. The second-order valence-corrected chi connectivity index (χ2v) is 5.08. The van der Waals surface area contributed by atoms with Crippen LogP contribution in [0, 0.1) is 15.9 Å². The molecular formula is C15H12ClFN2O3. The van der Waals surface area contributed by atoms with E-state index in [9.17, 15) is 19.3 Å². The van der Waals surface area contributed by atoms with Gasteiger partial charge in [0, 0.05) is 11.6 Å². The molecular weight excluding hydrogens is 311 g/mol. The van der Waals surface area contributed by atoms with Crippen LogP contribution in [0.5, 0.6) is 0 Å². The van der Waals surface area contributed by atoms with Crippen molar-refractivity contribution in [2.24, 2.45) is 0 Å². The summed E-state index contributed by atoms with van der Waals surface area (Å²) in [6.07, 6.45) is 0. The van der Waals surface area contributed by atoms with E-state index in [-0.39, 0.29) is 28.1 Å². The topological polar surface area (TPSA) is 72.2 Å². The standard InChI is InChI=1S/C15H12ClFN2O3/c1-9(10-2-5-12(17)6-3-10)18-15(20)11-4-7-13(16)14(8-11)19(21)22/h2-9H,1H3,(H,18,20)/t9-/m1/s1. The summed E-state index contributed by atoms with van der Waals surface area (Å²) in [4.78, 5) is 22.3. The van der Waals surface area contributed by atoms with Gasteiger partial charge in [-0.3, -0.25) is 14.9 Å². The van der Waals surface area contributed by atoms with Crippen LogP contribution in [0.2, 0.25) is 5.02 Å². The highest BCUT2D eigenvalue weighted by molar-refractivity contribution is 6.32. The molecule has 0 aliphatic carbocycles. The summed E-state index contributed by atoms with van der Waals surface area (Å²) in [5.41, 5.74) is 0.520. The van der Waals surface area contributed by atoms with E-state index in [4.69, 9.17) is 11.6 Å². The van der Waals surface area contributed by atoms with Crippen molar-refractivity contribution in [3.63, 3.8) is 0 Å². The lowest BCUT2D eigenvalue weighted by Gasteiger charge is -2.14. The maximum absolute atomic E-state index is 12.9. The summed E-state index contributed by atoms with van der Waals surface area (Å²) in [6.45, 7) is 1.73. The van der Waals surface area contributed by atoms with Gasteiger partial charge >= 0.3 is 0 Å². The zero-order chi connectivity index (χ0) is 16.3. The maximum atomic E-state index is 12.9.